The third kappa shape index (κ3) is 3.27. The van der Waals surface area contributed by atoms with Crippen molar-refractivity contribution in [2.45, 2.75) is 12.8 Å². The molecule has 0 radical (unpaired) electrons. The Morgan fingerprint density at radius 2 is 2.28 bits per heavy atom. The van der Waals surface area contributed by atoms with Gasteiger partial charge in [0.15, 0.2) is 11.6 Å². The Morgan fingerprint density at radius 3 is 2.94 bits per heavy atom. The molecule has 7 nitrogen and oxygen atoms in total. The van der Waals surface area contributed by atoms with E-state index in [9.17, 15) is 9.18 Å². The zero-order valence-electron chi connectivity index (χ0n) is 9.74. The second-order valence-electron chi connectivity index (χ2n) is 4.03. The first-order valence-electron chi connectivity index (χ1n) is 5.71. The minimum Gasteiger partial charge on any atom is -0.366 e. The molecule has 0 bridgehead atoms. The molecule has 0 aliphatic heterocycles. The summed E-state index contributed by atoms with van der Waals surface area (Å²) in [4.78, 5) is 18.7. The second kappa shape index (κ2) is 5.58. The van der Waals surface area contributed by atoms with Gasteiger partial charge in [0.25, 0.3) is 0 Å². The third-order valence-corrected chi connectivity index (χ3v) is 2.54. The molecule has 2 rings (SSSR count). The van der Waals surface area contributed by atoms with Crippen molar-refractivity contribution in [2.75, 3.05) is 23.8 Å². The molecule has 1 aliphatic rings. The van der Waals surface area contributed by atoms with Crippen LogP contribution in [-0.4, -0.2) is 29.0 Å². The number of hydrogen-bond acceptors (Lipinski definition) is 6. The molecule has 0 saturated heterocycles. The molecule has 98 valence electrons. The summed E-state index contributed by atoms with van der Waals surface area (Å²) in [6.07, 6.45) is 2.95. The number of aromatic nitrogens is 2. The van der Waals surface area contributed by atoms with Crippen LogP contribution in [0.25, 0.3) is 0 Å². The predicted molar refractivity (Wildman–Crippen MR) is 64.0 cm³/mol. The van der Waals surface area contributed by atoms with Crippen LogP contribution in [0, 0.1) is 11.7 Å². The van der Waals surface area contributed by atoms with E-state index in [4.69, 9.17) is 5.84 Å². The Kier molecular flexibility index (Phi) is 3.88. The molecule has 8 heteroatoms. The summed E-state index contributed by atoms with van der Waals surface area (Å²) in [5, 5.41) is 5.52. The number of amides is 1. The summed E-state index contributed by atoms with van der Waals surface area (Å²) in [6, 6.07) is 0. The smallest absolute Gasteiger partial charge is 0.239 e. The number of anilines is 2. The van der Waals surface area contributed by atoms with E-state index in [2.05, 4.69) is 26.0 Å². The van der Waals surface area contributed by atoms with Crippen LogP contribution in [0.4, 0.5) is 16.2 Å². The number of halogens is 1. The number of carbonyl (C=O) groups excluding carboxylic acids is 1. The fraction of sp³-hybridized carbons (Fsp3) is 0.500. The Balaban J connectivity index is 1.76. The number of nitrogens with zero attached hydrogens (tertiary/aromatic N) is 2. The van der Waals surface area contributed by atoms with Crippen LogP contribution in [0.5, 0.6) is 0 Å². The first kappa shape index (κ1) is 12.5. The molecule has 1 amide bonds. The van der Waals surface area contributed by atoms with Crippen molar-refractivity contribution in [1.29, 1.82) is 0 Å². The van der Waals surface area contributed by atoms with Crippen LogP contribution in [0.2, 0.25) is 0 Å². The van der Waals surface area contributed by atoms with Gasteiger partial charge in [-0.2, -0.15) is 4.98 Å². The van der Waals surface area contributed by atoms with Gasteiger partial charge in [0, 0.05) is 19.0 Å². The summed E-state index contributed by atoms with van der Waals surface area (Å²) >= 11 is 0. The molecule has 1 aromatic rings. The molecule has 0 aromatic carbocycles. The summed E-state index contributed by atoms with van der Waals surface area (Å²) in [5.74, 6) is 4.97. The number of hydrazine groups is 1. The number of nitrogens with one attached hydrogen (secondary N) is 3. The van der Waals surface area contributed by atoms with Gasteiger partial charge in [-0.1, -0.05) is 0 Å². The van der Waals surface area contributed by atoms with E-state index in [1.807, 2.05) is 0 Å². The number of carbonyl (C=O) groups is 1. The van der Waals surface area contributed by atoms with Crippen molar-refractivity contribution in [3.63, 3.8) is 0 Å². The zero-order valence-corrected chi connectivity index (χ0v) is 9.74. The summed E-state index contributed by atoms with van der Waals surface area (Å²) in [5.41, 5.74) is 2.23. The quantitative estimate of drug-likeness (QED) is 0.319. The van der Waals surface area contributed by atoms with Gasteiger partial charge >= 0.3 is 0 Å². The van der Waals surface area contributed by atoms with Crippen LogP contribution in [0.1, 0.15) is 12.8 Å². The zero-order chi connectivity index (χ0) is 13.0. The predicted octanol–water partition coefficient (Wildman–Crippen LogP) is -0.161. The van der Waals surface area contributed by atoms with Gasteiger partial charge in [-0.15, -0.1) is 0 Å². The van der Waals surface area contributed by atoms with Crippen molar-refractivity contribution in [3.05, 3.63) is 12.0 Å². The average molecular weight is 254 g/mol. The molecule has 1 aliphatic carbocycles. The molecular formula is C10H15FN6O. The maximum atomic E-state index is 13.3. The standard InChI is InChI=1S/C10H15FN6O/c11-7-5-15-10(17-12)16-8(7)13-3-4-14-9(18)6-1-2-6/h5-6H,1-4,12H2,(H,14,18)(H2,13,15,16,17). The third-order valence-electron chi connectivity index (χ3n) is 2.54. The summed E-state index contributed by atoms with van der Waals surface area (Å²) in [6.45, 7) is 0.806. The fourth-order valence-corrected chi connectivity index (χ4v) is 1.42. The van der Waals surface area contributed by atoms with Crippen molar-refractivity contribution < 1.29 is 9.18 Å². The lowest BCUT2D eigenvalue weighted by Crippen LogP contribution is -2.30. The lowest BCUT2D eigenvalue weighted by molar-refractivity contribution is -0.122. The van der Waals surface area contributed by atoms with Crippen molar-refractivity contribution in [3.8, 4) is 0 Å². The Labute approximate surface area is 103 Å². The highest BCUT2D eigenvalue weighted by Gasteiger charge is 2.28. The number of rotatable bonds is 6. The molecule has 1 saturated carbocycles. The highest BCUT2D eigenvalue weighted by molar-refractivity contribution is 5.80. The number of nitrogen functional groups attached to an aromatic ring is 1. The summed E-state index contributed by atoms with van der Waals surface area (Å²) < 4.78 is 13.3. The molecule has 1 fully saturated rings. The van der Waals surface area contributed by atoms with Crippen LogP contribution in [0.3, 0.4) is 0 Å². The SMILES string of the molecule is NNc1ncc(F)c(NCCNC(=O)C2CC2)n1. The Morgan fingerprint density at radius 1 is 1.50 bits per heavy atom. The van der Waals surface area contributed by atoms with E-state index in [-0.39, 0.29) is 23.6 Å². The first-order chi connectivity index (χ1) is 8.70. The van der Waals surface area contributed by atoms with Crippen molar-refractivity contribution >= 4 is 17.7 Å². The van der Waals surface area contributed by atoms with Crippen LogP contribution < -0.4 is 21.9 Å². The second-order valence-corrected chi connectivity index (χ2v) is 4.03. The highest BCUT2D eigenvalue weighted by Crippen LogP contribution is 2.28. The van der Waals surface area contributed by atoms with E-state index >= 15 is 0 Å². The number of hydrogen-bond donors (Lipinski definition) is 4. The van der Waals surface area contributed by atoms with E-state index in [0.717, 1.165) is 19.0 Å². The topological polar surface area (TPSA) is 105 Å². The van der Waals surface area contributed by atoms with Crippen LogP contribution >= 0.6 is 0 Å². The first-order valence-corrected chi connectivity index (χ1v) is 5.71. The molecule has 5 N–H and O–H groups in total. The number of nitrogens with two attached hydrogens (primary N) is 1. The maximum absolute atomic E-state index is 13.3. The van der Waals surface area contributed by atoms with Gasteiger partial charge in [-0.25, -0.2) is 15.2 Å². The summed E-state index contributed by atoms with van der Waals surface area (Å²) in [7, 11) is 0. The van der Waals surface area contributed by atoms with Crippen LogP contribution in [-0.2, 0) is 4.79 Å². The van der Waals surface area contributed by atoms with Gasteiger partial charge < -0.3 is 10.6 Å². The van der Waals surface area contributed by atoms with Crippen LogP contribution in [0.15, 0.2) is 6.20 Å². The molecule has 1 heterocycles. The average Bonchev–Trinajstić information content (AvgIpc) is 3.20. The minimum absolute atomic E-state index is 0.0543. The molecular weight excluding hydrogens is 239 g/mol. The maximum Gasteiger partial charge on any atom is 0.239 e. The van der Waals surface area contributed by atoms with Gasteiger partial charge in [-0.3, -0.25) is 10.2 Å². The van der Waals surface area contributed by atoms with Gasteiger partial charge in [-0.05, 0) is 12.8 Å². The monoisotopic (exact) mass is 254 g/mol. The van der Waals surface area contributed by atoms with E-state index in [1.165, 1.54) is 0 Å². The van der Waals surface area contributed by atoms with E-state index < -0.39 is 5.82 Å². The van der Waals surface area contributed by atoms with E-state index in [1.54, 1.807) is 0 Å². The van der Waals surface area contributed by atoms with Crippen molar-refractivity contribution in [1.82, 2.24) is 15.3 Å². The molecule has 0 spiro atoms. The largest absolute Gasteiger partial charge is 0.366 e. The Hall–Kier alpha value is -1.96. The Bertz CT molecular complexity index is 436. The lowest BCUT2D eigenvalue weighted by Gasteiger charge is -2.08. The normalized spacial score (nSPS) is 14.1. The lowest BCUT2D eigenvalue weighted by atomic mass is 10.4. The molecule has 1 aromatic heterocycles. The van der Waals surface area contributed by atoms with Gasteiger partial charge in [0.05, 0.1) is 6.20 Å². The highest BCUT2D eigenvalue weighted by atomic mass is 19.1. The van der Waals surface area contributed by atoms with E-state index in [0.29, 0.717) is 13.1 Å². The fourth-order valence-electron chi connectivity index (χ4n) is 1.42. The van der Waals surface area contributed by atoms with Gasteiger partial charge in [0.1, 0.15) is 0 Å². The molecule has 0 atom stereocenters. The minimum atomic E-state index is -0.567. The van der Waals surface area contributed by atoms with Crippen molar-refractivity contribution in [2.24, 2.45) is 11.8 Å². The molecule has 18 heavy (non-hydrogen) atoms. The molecule has 0 unspecified atom stereocenters. The van der Waals surface area contributed by atoms with Gasteiger partial charge in [0.2, 0.25) is 11.9 Å².